The van der Waals surface area contributed by atoms with Gasteiger partial charge in [-0.05, 0) is 84.3 Å². The number of aromatic amines is 1. The van der Waals surface area contributed by atoms with Gasteiger partial charge in [-0.1, -0.05) is 51.0 Å². The number of aromatic nitrogens is 1. The molecule has 4 aliphatic rings. The molecule has 11 heteroatoms. The minimum Gasteiger partial charge on any atom is -0.497 e. The van der Waals surface area contributed by atoms with E-state index in [0.717, 1.165) is 37.7 Å². The molecule has 6 unspecified atom stereocenters. The maximum atomic E-state index is 14.1. The Labute approximate surface area is 275 Å². The number of nitrogens with one attached hydrogen (secondary N) is 1. The third-order valence-electron chi connectivity index (χ3n) is 9.67. The van der Waals surface area contributed by atoms with Gasteiger partial charge >= 0.3 is 4.87 Å². The Morgan fingerprint density at radius 2 is 1.70 bits per heavy atom. The quantitative estimate of drug-likeness (QED) is 0.215. The lowest BCUT2D eigenvalue weighted by molar-refractivity contribution is -0.123. The number of benzene rings is 3. The number of rotatable bonds is 6. The van der Waals surface area contributed by atoms with Gasteiger partial charge in [-0.3, -0.25) is 19.3 Å². The number of nitrogens with zero attached hydrogens (tertiary/aromatic N) is 1. The summed E-state index contributed by atoms with van der Waals surface area (Å²) in [4.78, 5) is 46.1. The molecule has 0 radical (unpaired) electrons. The average molecular weight is 710 g/mol. The fraction of sp³-hybridized carbons (Fsp3) is 0.303. The number of ether oxygens (including phenoxy) is 2. The number of hydrogen-bond donors (Lipinski definition) is 1. The zero-order valence-corrected chi connectivity index (χ0v) is 27.3. The van der Waals surface area contributed by atoms with Gasteiger partial charge in [0, 0.05) is 31.1 Å². The van der Waals surface area contributed by atoms with Gasteiger partial charge in [0.2, 0.25) is 11.8 Å². The molecule has 3 fully saturated rings. The van der Waals surface area contributed by atoms with Crippen molar-refractivity contribution in [2.45, 2.75) is 29.2 Å². The smallest absolute Gasteiger partial charge is 0.305 e. The Morgan fingerprint density at radius 1 is 0.977 bits per heavy atom. The first kappa shape index (κ1) is 28.4. The fourth-order valence-electron chi connectivity index (χ4n) is 7.99. The maximum absolute atomic E-state index is 14.1. The van der Waals surface area contributed by atoms with Crippen LogP contribution in [0.5, 0.6) is 11.5 Å². The molecule has 1 aromatic heterocycles. The molecule has 7 atom stereocenters. The van der Waals surface area contributed by atoms with E-state index in [9.17, 15) is 14.4 Å². The number of halogens is 2. The van der Waals surface area contributed by atoms with E-state index in [0.29, 0.717) is 23.1 Å². The number of imide groups is 1. The van der Waals surface area contributed by atoms with Crippen molar-refractivity contribution in [3.63, 3.8) is 0 Å². The summed E-state index contributed by atoms with van der Waals surface area (Å²) in [6.45, 7) is 0.359. The number of anilines is 1. The molecule has 2 aliphatic heterocycles. The van der Waals surface area contributed by atoms with Crippen molar-refractivity contribution in [3.8, 4) is 11.5 Å². The van der Waals surface area contributed by atoms with E-state index >= 15 is 0 Å². The number of hydrogen-bond acceptors (Lipinski definition) is 7. The molecular weight excluding hydrogens is 684 g/mol. The molecule has 8 rings (SSSR count). The van der Waals surface area contributed by atoms with Crippen molar-refractivity contribution < 1.29 is 19.1 Å². The lowest BCUT2D eigenvalue weighted by Crippen LogP contribution is -2.42. The van der Waals surface area contributed by atoms with E-state index in [2.05, 4.69) is 27.0 Å². The van der Waals surface area contributed by atoms with Crippen LogP contribution < -0.4 is 19.2 Å². The van der Waals surface area contributed by atoms with E-state index in [1.54, 1.807) is 43.1 Å². The minimum absolute atomic E-state index is 0.000599. The van der Waals surface area contributed by atoms with E-state index in [4.69, 9.17) is 21.1 Å². The van der Waals surface area contributed by atoms with Crippen molar-refractivity contribution in [2.24, 2.45) is 29.6 Å². The maximum Gasteiger partial charge on any atom is 0.305 e. The Hall–Kier alpha value is -3.05. The SMILES string of the molecule is COc1ccc(N2C(=O)C3C4CC(C3C2=O)C2C4Sc3[nH]c(=O)sc3[C@@H]2c2cc(Br)ccc2OCc2ccc(Cl)cc2)cc1. The lowest BCUT2D eigenvalue weighted by atomic mass is 9.68. The van der Waals surface area contributed by atoms with Crippen LogP contribution in [0.4, 0.5) is 5.69 Å². The summed E-state index contributed by atoms with van der Waals surface area (Å²) in [6.07, 6.45) is 0.816. The van der Waals surface area contributed by atoms with Crippen LogP contribution in [0, 0.1) is 29.6 Å². The highest BCUT2D eigenvalue weighted by Gasteiger charge is 2.69. The molecule has 1 saturated heterocycles. The molecule has 3 aromatic carbocycles. The number of thioether (sulfide) groups is 1. The number of carbonyl (C=O) groups excluding carboxylic acids is 2. The lowest BCUT2D eigenvalue weighted by Gasteiger charge is -2.43. The summed E-state index contributed by atoms with van der Waals surface area (Å²) >= 11 is 12.7. The minimum atomic E-state index is -0.387. The number of amides is 2. The Morgan fingerprint density at radius 3 is 2.43 bits per heavy atom. The molecule has 3 heterocycles. The molecule has 2 saturated carbocycles. The summed E-state index contributed by atoms with van der Waals surface area (Å²) in [6, 6.07) is 20.7. The zero-order valence-electron chi connectivity index (χ0n) is 23.4. The Kier molecular flexibility index (Phi) is 6.97. The molecule has 0 spiro atoms. The monoisotopic (exact) mass is 708 g/mol. The molecule has 44 heavy (non-hydrogen) atoms. The first-order chi connectivity index (χ1) is 21.3. The first-order valence-corrected chi connectivity index (χ1v) is 17.3. The fourth-order valence-corrected chi connectivity index (χ4v) is 11.4. The molecule has 2 bridgehead atoms. The highest BCUT2D eigenvalue weighted by Crippen LogP contribution is 2.69. The van der Waals surface area contributed by atoms with Crippen LogP contribution in [-0.4, -0.2) is 29.2 Å². The molecule has 7 nitrogen and oxygen atoms in total. The van der Waals surface area contributed by atoms with E-state index in [-0.39, 0.29) is 57.4 Å². The summed E-state index contributed by atoms with van der Waals surface area (Å²) in [5.41, 5.74) is 2.55. The predicted molar refractivity (Wildman–Crippen MR) is 174 cm³/mol. The second-order valence-corrected chi connectivity index (χ2v) is 15.3. The van der Waals surface area contributed by atoms with Gasteiger partial charge < -0.3 is 14.5 Å². The number of carbonyl (C=O) groups is 2. The largest absolute Gasteiger partial charge is 0.497 e. The van der Waals surface area contributed by atoms with Gasteiger partial charge in [-0.25, -0.2) is 0 Å². The van der Waals surface area contributed by atoms with Crippen LogP contribution in [0.2, 0.25) is 5.02 Å². The van der Waals surface area contributed by atoms with Crippen LogP contribution in [0.15, 0.2) is 81.0 Å². The molecular formula is C33H26BrClN2O5S2. The molecule has 2 aliphatic carbocycles. The average Bonchev–Trinajstić information content (AvgIpc) is 3.76. The number of thiazole rings is 1. The third-order valence-corrected chi connectivity index (χ3v) is 13.0. The normalized spacial score (nSPS) is 28.2. The van der Waals surface area contributed by atoms with E-state index in [1.807, 2.05) is 36.4 Å². The third kappa shape index (κ3) is 4.40. The van der Waals surface area contributed by atoms with Crippen LogP contribution in [-0.2, 0) is 16.2 Å². The van der Waals surface area contributed by atoms with Gasteiger partial charge in [0.05, 0.1) is 29.7 Å². The van der Waals surface area contributed by atoms with Crippen LogP contribution in [0.1, 0.15) is 28.3 Å². The zero-order chi connectivity index (χ0) is 30.3. The molecule has 2 amide bonds. The summed E-state index contributed by atoms with van der Waals surface area (Å²) in [5.74, 6) is 0.344. The number of fused-ring (bicyclic) bond motifs is 9. The molecule has 224 valence electrons. The van der Waals surface area contributed by atoms with E-state index in [1.165, 1.54) is 16.2 Å². The Balaban J connectivity index is 1.18. The summed E-state index contributed by atoms with van der Waals surface area (Å²) in [5, 5.41) is 1.61. The van der Waals surface area contributed by atoms with Crippen molar-refractivity contribution in [2.75, 3.05) is 12.0 Å². The topological polar surface area (TPSA) is 88.7 Å². The van der Waals surface area contributed by atoms with E-state index < -0.39 is 0 Å². The van der Waals surface area contributed by atoms with Crippen LogP contribution >= 0.6 is 50.6 Å². The Bertz CT molecular complexity index is 1860. The van der Waals surface area contributed by atoms with Crippen molar-refractivity contribution in [1.82, 2.24) is 4.98 Å². The number of H-pyrrole nitrogens is 1. The molecule has 4 aromatic rings. The molecule has 1 N–H and O–H groups in total. The second kappa shape index (κ2) is 10.8. The van der Waals surface area contributed by atoms with Gasteiger partial charge in [0.1, 0.15) is 18.1 Å². The number of methoxy groups -OCH3 is 1. The highest BCUT2D eigenvalue weighted by atomic mass is 79.9. The van der Waals surface area contributed by atoms with Crippen LogP contribution in [0.25, 0.3) is 0 Å². The highest BCUT2D eigenvalue weighted by molar-refractivity contribution is 9.10. The summed E-state index contributed by atoms with van der Waals surface area (Å²) in [7, 11) is 1.59. The first-order valence-electron chi connectivity index (χ1n) is 14.4. The second-order valence-electron chi connectivity index (χ2n) is 11.8. The predicted octanol–water partition coefficient (Wildman–Crippen LogP) is 7.12. The van der Waals surface area contributed by atoms with Crippen LogP contribution in [0.3, 0.4) is 0 Å². The van der Waals surface area contributed by atoms with Gasteiger partial charge in [0.15, 0.2) is 0 Å². The van der Waals surface area contributed by atoms with Crippen molar-refractivity contribution >= 4 is 68.1 Å². The van der Waals surface area contributed by atoms with Gasteiger partial charge in [0.25, 0.3) is 0 Å². The van der Waals surface area contributed by atoms with Crippen molar-refractivity contribution in [3.05, 3.63) is 102 Å². The van der Waals surface area contributed by atoms with Gasteiger partial charge in [-0.15, -0.1) is 11.8 Å². The standard InChI is InChI=1S/C33H26BrClN2O5S2/c1-41-19-9-7-18(8-10-19)37-31(38)26-21-13-22(27(26)32(37)39)28-25(21)24(29-30(43-28)36-33(40)44-29)20-12-16(34)4-11-23(20)42-14-15-2-5-17(35)6-3-15/h2-12,21-22,24-28H,13-14H2,1H3,(H,36,40)/t21?,22?,24-,25?,26?,27?,28?/m1/s1. The van der Waals surface area contributed by atoms with Gasteiger partial charge in [-0.2, -0.15) is 0 Å². The van der Waals surface area contributed by atoms with Crippen molar-refractivity contribution in [1.29, 1.82) is 0 Å². The summed E-state index contributed by atoms with van der Waals surface area (Å²) < 4.78 is 12.6.